The van der Waals surface area contributed by atoms with E-state index in [-0.39, 0.29) is 18.8 Å². The third-order valence-electron chi connectivity index (χ3n) is 5.48. The fourth-order valence-corrected chi connectivity index (χ4v) is 3.67. The number of ether oxygens (including phenoxy) is 3. The number of benzene rings is 2. The van der Waals surface area contributed by atoms with Crippen molar-refractivity contribution in [3.8, 4) is 22.8 Å². The molecule has 0 radical (unpaired) electrons. The maximum Gasteiger partial charge on any atom is 0.344 e. The van der Waals surface area contributed by atoms with Gasteiger partial charge in [-0.05, 0) is 62.4 Å². The highest BCUT2D eigenvalue weighted by molar-refractivity contribution is 6.13. The number of nitrogens with zero attached hydrogens (tertiary/aromatic N) is 1. The lowest BCUT2D eigenvalue weighted by Crippen LogP contribution is -2.62. The molecule has 1 heterocycles. The summed E-state index contributed by atoms with van der Waals surface area (Å²) in [6.07, 6.45) is 1.64. The molecule has 0 atom stereocenters. The van der Waals surface area contributed by atoms with Gasteiger partial charge in [0.05, 0.1) is 19.6 Å². The molecule has 0 saturated heterocycles. The lowest BCUT2D eigenvalue weighted by molar-refractivity contribution is -0.167. The van der Waals surface area contributed by atoms with Gasteiger partial charge in [0.15, 0.2) is 11.7 Å². The minimum Gasteiger partial charge on any atom is -0.464 e. The van der Waals surface area contributed by atoms with E-state index in [4.69, 9.17) is 18.6 Å². The molecule has 2 aromatic carbocycles. The average Bonchev–Trinajstić information content (AvgIpc) is 3.38. The summed E-state index contributed by atoms with van der Waals surface area (Å²) in [5.74, 6) is -1.70. The average molecular weight is 523 g/mol. The Bertz CT molecular complexity index is 1260. The fourth-order valence-electron chi connectivity index (χ4n) is 3.67. The van der Waals surface area contributed by atoms with Gasteiger partial charge < -0.3 is 23.9 Å². The van der Waals surface area contributed by atoms with Crippen molar-refractivity contribution in [1.29, 1.82) is 0 Å². The van der Waals surface area contributed by atoms with Gasteiger partial charge in [-0.2, -0.15) is 0 Å². The van der Waals surface area contributed by atoms with E-state index in [0.29, 0.717) is 23.8 Å². The molecule has 3 rings (SSSR count). The van der Waals surface area contributed by atoms with Gasteiger partial charge in [0.25, 0.3) is 0 Å². The molecular weight excluding hydrogens is 492 g/mol. The largest absolute Gasteiger partial charge is 0.464 e. The van der Waals surface area contributed by atoms with Crippen LogP contribution in [0.2, 0.25) is 0 Å². The van der Waals surface area contributed by atoms with E-state index in [1.54, 1.807) is 44.4 Å². The minimum absolute atomic E-state index is 0.0564. The Labute approximate surface area is 220 Å². The number of oxazole rings is 1. The number of rotatable bonds is 12. The molecule has 0 aliphatic rings. The van der Waals surface area contributed by atoms with E-state index < -0.39 is 35.6 Å². The number of ketones is 1. The van der Waals surface area contributed by atoms with Crippen molar-refractivity contribution in [3.05, 3.63) is 66.2 Å². The zero-order valence-electron chi connectivity index (χ0n) is 21.7. The van der Waals surface area contributed by atoms with E-state index in [9.17, 15) is 19.2 Å². The Balaban J connectivity index is 1.75. The number of aryl methyl sites for hydroxylation is 1. The molecular formula is C28H30N2O8. The molecule has 0 bridgehead atoms. The molecule has 1 aromatic heterocycles. The van der Waals surface area contributed by atoms with Crippen molar-refractivity contribution in [2.45, 2.75) is 46.1 Å². The van der Waals surface area contributed by atoms with Gasteiger partial charge in [0.1, 0.15) is 23.5 Å². The second-order valence-electron chi connectivity index (χ2n) is 8.26. The number of carbonyl (C=O) groups is 4. The summed E-state index contributed by atoms with van der Waals surface area (Å²) in [5.41, 5.74) is -0.480. The van der Waals surface area contributed by atoms with Crippen LogP contribution >= 0.6 is 0 Å². The van der Waals surface area contributed by atoms with Crippen LogP contribution in [-0.4, -0.2) is 47.4 Å². The lowest BCUT2D eigenvalue weighted by atomic mass is 9.89. The number of Topliss-reactive ketones (excluding diaryl/α,β-unsaturated/α-hetero) is 1. The quantitative estimate of drug-likeness (QED) is 0.210. The number of hydrogen-bond donors (Lipinski definition) is 1. The highest BCUT2D eigenvalue weighted by atomic mass is 16.6. The number of nitrogens with one attached hydrogen (secondary N) is 1. The molecule has 200 valence electrons. The summed E-state index contributed by atoms with van der Waals surface area (Å²) in [6, 6.07) is 13.5. The Morgan fingerprint density at radius 1 is 0.868 bits per heavy atom. The summed E-state index contributed by atoms with van der Waals surface area (Å²) < 4.78 is 21.3. The molecule has 0 aliphatic heterocycles. The van der Waals surface area contributed by atoms with Crippen LogP contribution in [0.5, 0.6) is 11.5 Å². The maximum absolute atomic E-state index is 13.1. The molecule has 10 nitrogen and oxygen atoms in total. The Hall–Kier alpha value is -4.47. The second-order valence-corrected chi connectivity index (χ2v) is 8.26. The molecule has 0 unspecified atom stereocenters. The van der Waals surface area contributed by atoms with Crippen molar-refractivity contribution in [2.75, 3.05) is 13.2 Å². The zero-order valence-corrected chi connectivity index (χ0v) is 21.7. The van der Waals surface area contributed by atoms with Crippen LogP contribution in [0, 0.1) is 0 Å². The first-order chi connectivity index (χ1) is 18.2. The highest BCUT2D eigenvalue weighted by Gasteiger charge is 2.51. The third-order valence-corrected chi connectivity index (χ3v) is 5.48. The number of aromatic nitrogens is 1. The van der Waals surface area contributed by atoms with E-state index in [1.165, 1.54) is 12.1 Å². The van der Waals surface area contributed by atoms with Crippen molar-refractivity contribution in [1.82, 2.24) is 10.3 Å². The van der Waals surface area contributed by atoms with Gasteiger partial charge in [-0.1, -0.05) is 6.92 Å². The predicted molar refractivity (Wildman–Crippen MR) is 137 cm³/mol. The highest BCUT2D eigenvalue weighted by Crippen LogP contribution is 2.27. The van der Waals surface area contributed by atoms with Gasteiger partial charge in [-0.3, -0.25) is 9.59 Å². The maximum atomic E-state index is 13.1. The number of amides is 1. The van der Waals surface area contributed by atoms with Gasteiger partial charge >= 0.3 is 11.9 Å². The Morgan fingerprint density at radius 3 is 1.89 bits per heavy atom. The zero-order chi connectivity index (χ0) is 27.7. The summed E-state index contributed by atoms with van der Waals surface area (Å²) in [7, 11) is 0. The van der Waals surface area contributed by atoms with Crippen LogP contribution in [0.1, 0.15) is 50.4 Å². The fraction of sp³-hybridized carbons (Fsp3) is 0.321. The molecule has 1 amide bonds. The van der Waals surface area contributed by atoms with E-state index in [0.717, 1.165) is 18.2 Å². The third kappa shape index (κ3) is 6.64. The van der Waals surface area contributed by atoms with Crippen LogP contribution in [-0.2, 0) is 30.3 Å². The molecule has 0 aliphatic carbocycles. The Kier molecular flexibility index (Phi) is 9.37. The summed E-state index contributed by atoms with van der Waals surface area (Å²) in [5, 5.41) is 2.28. The molecule has 0 saturated carbocycles. The Morgan fingerprint density at radius 2 is 1.42 bits per heavy atom. The molecule has 10 heteroatoms. The number of esters is 2. The first-order valence-electron chi connectivity index (χ1n) is 12.2. The minimum atomic E-state index is -2.30. The molecule has 3 aromatic rings. The van der Waals surface area contributed by atoms with Crippen LogP contribution in [0.25, 0.3) is 11.3 Å². The number of hydrogen-bond acceptors (Lipinski definition) is 9. The monoisotopic (exact) mass is 522 g/mol. The van der Waals surface area contributed by atoms with Crippen molar-refractivity contribution in [3.63, 3.8) is 0 Å². The topological polar surface area (TPSA) is 134 Å². The first-order valence-corrected chi connectivity index (χ1v) is 12.2. The van der Waals surface area contributed by atoms with Gasteiger partial charge in [-0.25, -0.2) is 14.6 Å². The standard InChI is InChI=1S/C28H30N2O8/c1-5-25-29-23(17-37-25)19-8-12-21(13-9-19)38-22-14-10-20(11-15-22)24(32)16-28(30-18(4)31,26(33)35-6-2)27(34)36-7-3/h8-15,17H,5-7,16H2,1-4H3,(H,30,31). The molecule has 1 N–H and O–H groups in total. The second kappa shape index (κ2) is 12.7. The number of carbonyl (C=O) groups excluding carboxylic acids is 4. The van der Waals surface area contributed by atoms with Gasteiger partial charge in [-0.15, -0.1) is 0 Å². The predicted octanol–water partition coefficient (Wildman–Crippen LogP) is 4.27. The molecule has 0 fully saturated rings. The van der Waals surface area contributed by atoms with Gasteiger partial charge in [0, 0.05) is 24.5 Å². The lowest BCUT2D eigenvalue weighted by Gasteiger charge is -2.29. The van der Waals surface area contributed by atoms with E-state index in [2.05, 4.69) is 10.3 Å². The molecule has 0 spiro atoms. The summed E-state index contributed by atoms with van der Waals surface area (Å²) in [6.45, 7) is 6.08. The van der Waals surface area contributed by atoms with Crippen LogP contribution in [0.15, 0.2) is 59.2 Å². The van der Waals surface area contributed by atoms with Gasteiger partial charge in [0.2, 0.25) is 11.4 Å². The van der Waals surface area contributed by atoms with E-state index in [1.807, 2.05) is 19.1 Å². The SMILES string of the molecule is CCOC(=O)C(CC(=O)c1ccc(Oc2ccc(-c3coc(CC)n3)cc2)cc1)(NC(C)=O)C(=O)OCC. The van der Waals surface area contributed by atoms with Crippen LogP contribution in [0.4, 0.5) is 0 Å². The normalized spacial score (nSPS) is 10.9. The van der Waals surface area contributed by atoms with Crippen LogP contribution < -0.4 is 10.1 Å². The van der Waals surface area contributed by atoms with Crippen molar-refractivity contribution >= 4 is 23.6 Å². The van der Waals surface area contributed by atoms with Crippen molar-refractivity contribution in [2.24, 2.45) is 0 Å². The van der Waals surface area contributed by atoms with Crippen LogP contribution in [0.3, 0.4) is 0 Å². The van der Waals surface area contributed by atoms with Crippen molar-refractivity contribution < 1.29 is 37.8 Å². The smallest absolute Gasteiger partial charge is 0.344 e. The molecule has 38 heavy (non-hydrogen) atoms. The summed E-state index contributed by atoms with van der Waals surface area (Å²) >= 11 is 0. The summed E-state index contributed by atoms with van der Waals surface area (Å²) in [4.78, 5) is 54.9. The van der Waals surface area contributed by atoms with E-state index >= 15 is 0 Å². The first kappa shape index (κ1) is 28.1.